The summed E-state index contributed by atoms with van der Waals surface area (Å²) in [5.74, 6) is 0.414. The Labute approximate surface area is 112 Å². The smallest absolute Gasteiger partial charge is 0.318 e. The van der Waals surface area contributed by atoms with E-state index in [2.05, 4.69) is 15.1 Å². The molecule has 1 aromatic rings. The van der Waals surface area contributed by atoms with Crippen LogP contribution in [0.25, 0.3) is 0 Å². The highest BCUT2D eigenvalue weighted by atomic mass is 35.5. The highest BCUT2D eigenvalue weighted by molar-refractivity contribution is 6.20. The zero-order valence-electron chi connectivity index (χ0n) is 10.9. The molecule has 7 heteroatoms. The number of aliphatic hydroxyl groups is 1. The van der Waals surface area contributed by atoms with Crippen LogP contribution >= 0.6 is 11.6 Å². The van der Waals surface area contributed by atoms with Gasteiger partial charge in [-0.1, -0.05) is 5.10 Å². The average Bonchev–Trinajstić information content (AvgIpc) is 2.83. The van der Waals surface area contributed by atoms with Crippen LogP contribution in [-0.4, -0.2) is 59.5 Å². The lowest BCUT2D eigenvalue weighted by atomic mass is 10.2. The number of hydrogen-bond acceptors (Lipinski definition) is 6. The Morgan fingerprint density at radius 1 is 1.56 bits per heavy atom. The largest absolute Gasteiger partial charge is 0.406 e. The first-order valence-corrected chi connectivity index (χ1v) is 6.48. The Morgan fingerprint density at radius 2 is 2.28 bits per heavy atom. The van der Waals surface area contributed by atoms with E-state index in [1.807, 2.05) is 19.0 Å². The van der Waals surface area contributed by atoms with Crippen molar-refractivity contribution in [2.75, 3.05) is 32.1 Å². The molecule has 3 atom stereocenters. The topological polar surface area (TPSA) is 65.6 Å². The minimum atomic E-state index is -0.348. The molecule has 3 unspecified atom stereocenters. The molecule has 0 amide bonds. The first-order valence-electron chi connectivity index (χ1n) is 6.04. The van der Waals surface area contributed by atoms with Gasteiger partial charge in [-0.25, -0.2) is 0 Å². The molecule has 1 N–H and O–H groups in total. The minimum absolute atomic E-state index is 0.189. The zero-order chi connectivity index (χ0) is 13.3. The second-order valence-electron chi connectivity index (χ2n) is 5.00. The van der Waals surface area contributed by atoms with Gasteiger partial charge in [0.15, 0.2) is 0 Å². The molecule has 0 spiro atoms. The van der Waals surface area contributed by atoms with Gasteiger partial charge in [0.25, 0.3) is 0 Å². The maximum atomic E-state index is 9.78. The molecule has 0 saturated carbocycles. The molecule has 102 valence electrons. The van der Waals surface area contributed by atoms with Gasteiger partial charge >= 0.3 is 6.01 Å². The van der Waals surface area contributed by atoms with Gasteiger partial charge in [0.1, 0.15) is 5.38 Å². The summed E-state index contributed by atoms with van der Waals surface area (Å²) in [4.78, 5) is 4.04. The summed E-state index contributed by atoms with van der Waals surface area (Å²) in [6, 6.07) is 0.634. The second-order valence-corrected chi connectivity index (χ2v) is 5.65. The van der Waals surface area contributed by atoms with Gasteiger partial charge in [-0.3, -0.25) is 0 Å². The number of anilines is 1. The van der Waals surface area contributed by atoms with E-state index in [1.54, 1.807) is 6.92 Å². The zero-order valence-corrected chi connectivity index (χ0v) is 11.6. The van der Waals surface area contributed by atoms with Crippen molar-refractivity contribution in [1.29, 1.82) is 0 Å². The van der Waals surface area contributed by atoms with Gasteiger partial charge in [-0.2, -0.15) is 0 Å². The molecule has 0 bridgehead atoms. The van der Waals surface area contributed by atoms with E-state index >= 15 is 0 Å². The number of aromatic nitrogens is 2. The van der Waals surface area contributed by atoms with Crippen LogP contribution in [0, 0.1) is 0 Å². The van der Waals surface area contributed by atoms with E-state index in [4.69, 9.17) is 16.0 Å². The summed E-state index contributed by atoms with van der Waals surface area (Å²) in [5.41, 5.74) is 0. The predicted octanol–water partition coefficient (Wildman–Crippen LogP) is 0.871. The summed E-state index contributed by atoms with van der Waals surface area (Å²) >= 11 is 5.90. The number of halogens is 1. The Balaban J connectivity index is 2.13. The van der Waals surface area contributed by atoms with Crippen LogP contribution in [0.3, 0.4) is 0 Å². The van der Waals surface area contributed by atoms with Crippen LogP contribution in [0.5, 0.6) is 0 Å². The molecule has 1 aliphatic heterocycles. The van der Waals surface area contributed by atoms with Crippen molar-refractivity contribution in [3.63, 3.8) is 0 Å². The minimum Gasteiger partial charge on any atom is -0.406 e. The van der Waals surface area contributed by atoms with Crippen LogP contribution in [0.1, 0.15) is 24.6 Å². The fraction of sp³-hybridized carbons (Fsp3) is 0.818. The molecule has 1 fully saturated rings. The van der Waals surface area contributed by atoms with Gasteiger partial charge < -0.3 is 19.3 Å². The molecule has 0 aromatic carbocycles. The van der Waals surface area contributed by atoms with Gasteiger partial charge in [0, 0.05) is 19.1 Å². The second kappa shape index (κ2) is 5.42. The first kappa shape index (κ1) is 13.6. The van der Waals surface area contributed by atoms with Crippen LogP contribution < -0.4 is 4.90 Å². The van der Waals surface area contributed by atoms with Gasteiger partial charge in [0.05, 0.1) is 6.10 Å². The monoisotopic (exact) mass is 274 g/mol. The molecular formula is C11H19ClN4O2. The fourth-order valence-corrected chi connectivity index (χ4v) is 2.31. The van der Waals surface area contributed by atoms with E-state index in [1.165, 1.54) is 0 Å². The van der Waals surface area contributed by atoms with E-state index in [0.717, 1.165) is 6.54 Å². The number of nitrogens with zero attached hydrogens (tertiary/aromatic N) is 4. The Kier molecular flexibility index (Phi) is 4.09. The van der Waals surface area contributed by atoms with Crippen LogP contribution in [0.15, 0.2) is 4.42 Å². The maximum absolute atomic E-state index is 9.78. The Hall–Kier alpha value is -0.850. The Bertz CT molecular complexity index is 396. The van der Waals surface area contributed by atoms with E-state index in [0.29, 0.717) is 24.9 Å². The number of likely N-dealkylation sites (N-methyl/N-ethyl adjacent to an activating group) is 1. The lowest BCUT2D eigenvalue weighted by Gasteiger charge is -2.24. The average molecular weight is 275 g/mol. The number of aliphatic hydroxyl groups excluding tert-OH is 1. The normalized spacial score (nSPS) is 26.0. The summed E-state index contributed by atoms with van der Waals surface area (Å²) in [6.07, 6.45) is 0.366. The highest BCUT2D eigenvalue weighted by Crippen LogP contribution is 2.27. The van der Waals surface area contributed by atoms with Crippen molar-refractivity contribution < 1.29 is 9.52 Å². The van der Waals surface area contributed by atoms with E-state index in [9.17, 15) is 5.11 Å². The quantitative estimate of drug-likeness (QED) is 0.822. The summed E-state index contributed by atoms with van der Waals surface area (Å²) in [7, 11) is 4.01. The third-order valence-electron chi connectivity index (χ3n) is 2.98. The third kappa shape index (κ3) is 2.93. The van der Waals surface area contributed by atoms with Crippen molar-refractivity contribution in [3.8, 4) is 0 Å². The molecule has 6 nitrogen and oxygen atoms in total. The predicted molar refractivity (Wildman–Crippen MR) is 68.9 cm³/mol. The number of rotatable bonds is 4. The third-order valence-corrected chi connectivity index (χ3v) is 3.17. The number of hydrogen-bond donors (Lipinski definition) is 1. The first-order chi connectivity index (χ1) is 8.47. The van der Waals surface area contributed by atoms with Crippen molar-refractivity contribution in [1.82, 2.24) is 15.1 Å². The van der Waals surface area contributed by atoms with Crippen molar-refractivity contribution in [3.05, 3.63) is 5.89 Å². The summed E-state index contributed by atoms with van der Waals surface area (Å²) in [6.45, 7) is 3.15. The maximum Gasteiger partial charge on any atom is 0.318 e. The van der Waals surface area contributed by atoms with E-state index < -0.39 is 0 Å². The number of β-amino-alcohol motifs (C(OH)–C–C–N with tert-alkyl or cyclic N) is 1. The fourth-order valence-electron chi connectivity index (χ4n) is 2.22. The standard InChI is InChI=1S/C11H19ClN4O2/c1-7(12)10-13-14-11(18-10)16-6-9(17)4-8(16)5-15(2)3/h7-9,17H,4-6H2,1-3H3. The van der Waals surface area contributed by atoms with Gasteiger partial charge in [0.2, 0.25) is 5.89 Å². The van der Waals surface area contributed by atoms with Gasteiger partial charge in [-0.05, 0) is 27.4 Å². The molecule has 1 aliphatic rings. The Morgan fingerprint density at radius 3 is 2.83 bits per heavy atom. The highest BCUT2D eigenvalue weighted by Gasteiger charge is 2.34. The molecular weight excluding hydrogens is 256 g/mol. The van der Waals surface area contributed by atoms with Crippen molar-refractivity contribution in [2.45, 2.75) is 30.9 Å². The molecule has 0 aliphatic carbocycles. The van der Waals surface area contributed by atoms with Crippen LogP contribution in [0.4, 0.5) is 6.01 Å². The molecule has 1 aromatic heterocycles. The summed E-state index contributed by atoms with van der Waals surface area (Å²) in [5, 5.41) is 17.4. The lowest BCUT2D eigenvalue weighted by Crippen LogP contribution is -2.37. The van der Waals surface area contributed by atoms with Crippen molar-refractivity contribution in [2.24, 2.45) is 0 Å². The SMILES string of the molecule is CC(Cl)c1nnc(N2CC(O)CC2CN(C)C)o1. The van der Waals surface area contributed by atoms with Crippen LogP contribution in [-0.2, 0) is 0 Å². The number of alkyl halides is 1. The lowest BCUT2D eigenvalue weighted by molar-refractivity contribution is 0.191. The molecule has 2 rings (SSSR count). The molecule has 18 heavy (non-hydrogen) atoms. The molecule has 0 radical (unpaired) electrons. The molecule has 1 saturated heterocycles. The molecule has 2 heterocycles. The summed E-state index contributed by atoms with van der Waals surface area (Å²) < 4.78 is 5.53. The van der Waals surface area contributed by atoms with Crippen LogP contribution in [0.2, 0.25) is 0 Å². The van der Waals surface area contributed by atoms with Gasteiger partial charge in [-0.15, -0.1) is 16.7 Å². The van der Waals surface area contributed by atoms with Crippen molar-refractivity contribution >= 4 is 17.6 Å². The van der Waals surface area contributed by atoms with E-state index in [-0.39, 0.29) is 17.5 Å².